The molecule has 4 nitrogen and oxygen atoms in total. The van der Waals surface area contributed by atoms with Crippen LogP contribution < -0.4 is 5.32 Å². The van der Waals surface area contributed by atoms with Crippen LogP contribution in [0.15, 0.2) is 30.6 Å². The van der Waals surface area contributed by atoms with Gasteiger partial charge in [-0.3, -0.25) is 9.48 Å². The van der Waals surface area contributed by atoms with Crippen molar-refractivity contribution < 1.29 is 18.0 Å². The fourth-order valence-electron chi connectivity index (χ4n) is 1.88. The number of hydrogen-bond donors (Lipinski definition) is 1. The van der Waals surface area contributed by atoms with Gasteiger partial charge in [-0.05, 0) is 24.6 Å². The maximum absolute atomic E-state index is 12.2. The lowest BCUT2D eigenvalue weighted by molar-refractivity contribution is -0.142. The molecule has 1 heterocycles. The molecule has 1 aromatic carbocycles. The topological polar surface area (TPSA) is 46.9 Å². The van der Waals surface area contributed by atoms with E-state index in [1.807, 2.05) is 0 Å². The molecule has 0 saturated heterocycles. The Balaban J connectivity index is 1.98. The number of hydrogen-bond acceptors (Lipinski definition) is 2. The summed E-state index contributed by atoms with van der Waals surface area (Å²) in [6.07, 6.45) is -1.79. The monoisotopic (exact) mass is 331 g/mol. The van der Waals surface area contributed by atoms with E-state index < -0.39 is 12.7 Å². The van der Waals surface area contributed by atoms with Crippen LogP contribution in [0.25, 0.3) is 0 Å². The van der Waals surface area contributed by atoms with Gasteiger partial charge in [0.2, 0.25) is 0 Å². The van der Waals surface area contributed by atoms with Crippen molar-refractivity contribution >= 4 is 17.5 Å². The summed E-state index contributed by atoms with van der Waals surface area (Å²) in [4.78, 5) is 12.0. The van der Waals surface area contributed by atoms with E-state index in [1.54, 1.807) is 25.1 Å². The van der Waals surface area contributed by atoms with Gasteiger partial charge in [-0.25, -0.2) is 0 Å². The largest absolute Gasteiger partial charge is 0.408 e. The number of halogens is 4. The van der Waals surface area contributed by atoms with E-state index >= 15 is 0 Å². The highest BCUT2D eigenvalue weighted by molar-refractivity contribution is 6.31. The predicted octanol–water partition coefficient (Wildman–Crippen LogP) is 3.34. The van der Waals surface area contributed by atoms with Gasteiger partial charge in [0.1, 0.15) is 6.54 Å². The molecule has 0 radical (unpaired) electrons. The van der Waals surface area contributed by atoms with Gasteiger partial charge in [-0.15, -0.1) is 0 Å². The van der Waals surface area contributed by atoms with Gasteiger partial charge in [0.15, 0.2) is 0 Å². The molecule has 0 atom stereocenters. The SMILES string of the molecule is Cc1ccc(Cl)cc1C(=O)NCc1cnn(CC(F)(F)F)c1. The van der Waals surface area contributed by atoms with Crippen LogP contribution >= 0.6 is 11.6 Å². The third-order valence-corrected chi connectivity index (χ3v) is 3.16. The number of carbonyl (C=O) groups is 1. The average Bonchev–Trinajstić information content (AvgIpc) is 2.84. The van der Waals surface area contributed by atoms with Crippen LogP contribution in [0.2, 0.25) is 5.02 Å². The zero-order chi connectivity index (χ0) is 16.3. The quantitative estimate of drug-likeness (QED) is 0.934. The van der Waals surface area contributed by atoms with E-state index in [9.17, 15) is 18.0 Å². The average molecular weight is 332 g/mol. The molecule has 0 aliphatic carbocycles. The highest BCUT2D eigenvalue weighted by Gasteiger charge is 2.28. The van der Waals surface area contributed by atoms with Gasteiger partial charge in [-0.1, -0.05) is 17.7 Å². The van der Waals surface area contributed by atoms with Gasteiger partial charge in [0.25, 0.3) is 5.91 Å². The highest BCUT2D eigenvalue weighted by atomic mass is 35.5. The third-order valence-electron chi connectivity index (χ3n) is 2.93. The van der Waals surface area contributed by atoms with Crippen molar-refractivity contribution in [3.8, 4) is 0 Å². The predicted molar refractivity (Wildman–Crippen MR) is 75.6 cm³/mol. The lowest BCUT2D eigenvalue weighted by Crippen LogP contribution is -2.23. The number of aromatic nitrogens is 2. The molecule has 0 aliphatic rings. The molecule has 8 heteroatoms. The van der Waals surface area contributed by atoms with E-state index in [2.05, 4.69) is 10.4 Å². The Kier molecular flexibility index (Phi) is 4.75. The van der Waals surface area contributed by atoms with Crippen LogP contribution in [-0.2, 0) is 13.1 Å². The molecule has 118 valence electrons. The standard InChI is InChI=1S/C14H13ClF3N3O/c1-9-2-3-11(15)4-12(9)13(22)19-5-10-6-20-21(7-10)8-14(16,17)18/h2-4,6-7H,5,8H2,1H3,(H,19,22). The Hall–Kier alpha value is -2.02. The molecule has 0 saturated carbocycles. The van der Waals surface area contributed by atoms with Crippen molar-refractivity contribution in [1.82, 2.24) is 15.1 Å². The number of benzene rings is 1. The zero-order valence-electron chi connectivity index (χ0n) is 11.6. The molecule has 0 bridgehead atoms. The van der Waals surface area contributed by atoms with Crippen molar-refractivity contribution in [3.05, 3.63) is 52.3 Å². The van der Waals surface area contributed by atoms with Crippen LogP contribution in [0.4, 0.5) is 13.2 Å². The van der Waals surface area contributed by atoms with Crippen LogP contribution in [0.3, 0.4) is 0 Å². The normalized spacial score (nSPS) is 11.5. The molecule has 2 rings (SSSR count). The number of carbonyl (C=O) groups excluding carboxylic acids is 1. The molecule has 0 aliphatic heterocycles. The van der Waals surface area contributed by atoms with E-state index in [4.69, 9.17) is 11.6 Å². The lowest BCUT2D eigenvalue weighted by atomic mass is 10.1. The van der Waals surface area contributed by atoms with E-state index in [-0.39, 0.29) is 12.5 Å². The summed E-state index contributed by atoms with van der Waals surface area (Å²) in [5.41, 5.74) is 1.67. The molecule has 0 unspecified atom stereocenters. The molecule has 0 fully saturated rings. The van der Waals surface area contributed by atoms with Crippen LogP contribution in [0, 0.1) is 6.92 Å². The number of nitrogens with zero attached hydrogens (tertiary/aromatic N) is 2. The first kappa shape index (κ1) is 16.4. The lowest BCUT2D eigenvalue weighted by Gasteiger charge is -2.07. The molecule has 1 N–H and O–H groups in total. The molecule has 22 heavy (non-hydrogen) atoms. The highest BCUT2D eigenvalue weighted by Crippen LogP contribution is 2.17. The molecule has 2 aromatic rings. The number of nitrogens with one attached hydrogen (secondary N) is 1. The third kappa shape index (κ3) is 4.49. The van der Waals surface area contributed by atoms with Gasteiger partial charge < -0.3 is 5.32 Å². The Labute approximate surface area is 129 Å². The van der Waals surface area contributed by atoms with Crippen molar-refractivity contribution in [2.45, 2.75) is 26.2 Å². The van der Waals surface area contributed by atoms with Gasteiger partial charge >= 0.3 is 6.18 Å². The second-order valence-corrected chi connectivity index (χ2v) is 5.24. The Bertz CT molecular complexity index is 682. The van der Waals surface area contributed by atoms with Crippen molar-refractivity contribution in [1.29, 1.82) is 0 Å². The number of alkyl halides is 3. The molecular weight excluding hydrogens is 319 g/mol. The molecule has 1 amide bonds. The maximum Gasteiger partial charge on any atom is 0.408 e. The van der Waals surface area contributed by atoms with E-state index in [1.165, 1.54) is 12.4 Å². The van der Waals surface area contributed by atoms with Gasteiger partial charge in [0, 0.05) is 28.9 Å². The maximum atomic E-state index is 12.2. The van der Waals surface area contributed by atoms with Gasteiger partial charge in [0.05, 0.1) is 6.20 Å². The van der Waals surface area contributed by atoms with E-state index in [0.717, 1.165) is 10.2 Å². The Morgan fingerprint density at radius 3 is 2.82 bits per heavy atom. The first-order valence-corrected chi connectivity index (χ1v) is 6.75. The number of aryl methyl sites for hydroxylation is 1. The smallest absolute Gasteiger partial charge is 0.348 e. The van der Waals surface area contributed by atoms with Crippen molar-refractivity contribution in [2.75, 3.05) is 0 Å². The molecule has 1 aromatic heterocycles. The van der Waals surface area contributed by atoms with Crippen LogP contribution in [-0.4, -0.2) is 21.9 Å². The second-order valence-electron chi connectivity index (χ2n) is 4.80. The first-order valence-electron chi connectivity index (χ1n) is 6.37. The summed E-state index contributed by atoms with van der Waals surface area (Å²) < 4.78 is 37.5. The fraction of sp³-hybridized carbons (Fsp3) is 0.286. The Morgan fingerprint density at radius 1 is 1.41 bits per heavy atom. The van der Waals surface area contributed by atoms with Gasteiger partial charge in [-0.2, -0.15) is 18.3 Å². The zero-order valence-corrected chi connectivity index (χ0v) is 12.4. The number of amides is 1. The summed E-state index contributed by atoms with van der Waals surface area (Å²) in [6.45, 7) is 0.698. The van der Waals surface area contributed by atoms with E-state index in [0.29, 0.717) is 16.1 Å². The van der Waals surface area contributed by atoms with Crippen LogP contribution in [0.5, 0.6) is 0 Å². The number of rotatable bonds is 4. The fourth-order valence-corrected chi connectivity index (χ4v) is 2.06. The Morgan fingerprint density at radius 2 is 2.14 bits per heavy atom. The first-order chi connectivity index (χ1) is 10.2. The van der Waals surface area contributed by atoms with Crippen molar-refractivity contribution in [2.24, 2.45) is 0 Å². The summed E-state index contributed by atoms with van der Waals surface area (Å²) in [5, 5.41) is 6.67. The minimum atomic E-state index is -4.33. The molecular formula is C14H13ClF3N3O. The minimum Gasteiger partial charge on any atom is -0.348 e. The summed E-state index contributed by atoms with van der Waals surface area (Å²) >= 11 is 5.84. The minimum absolute atomic E-state index is 0.0860. The summed E-state index contributed by atoms with van der Waals surface area (Å²) in [5.74, 6) is -0.344. The van der Waals surface area contributed by atoms with Crippen LogP contribution in [0.1, 0.15) is 21.5 Å². The molecule has 0 spiro atoms. The summed E-state index contributed by atoms with van der Waals surface area (Å²) in [7, 11) is 0. The van der Waals surface area contributed by atoms with Crippen molar-refractivity contribution in [3.63, 3.8) is 0 Å². The second kappa shape index (κ2) is 6.39. The summed E-state index contributed by atoms with van der Waals surface area (Å²) in [6, 6.07) is 4.94.